The first-order valence-corrected chi connectivity index (χ1v) is 18.1. The molecule has 268 valence electrons. The number of ether oxygens (including phenoxy) is 4. The number of nitrogens with zero attached hydrogens (tertiary/aromatic N) is 1. The van der Waals surface area contributed by atoms with Crippen molar-refractivity contribution < 1.29 is 38.7 Å². The van der Waals surface area contributed by atoms with E-state index in [1.807, 2.05) is 36.4 Å². The van der Waals surface area contributed by atoms with E-state index in [0.29, 0.717) is 32.6 Å². The largest absolute Gasteiger partial charge is 0.481 e. The molecule has 3 saturated heterocycles. The smallest absolute Gasteiger partial charge is 0.303 e. The van der Waals surface area contributed by atoms with Gasteiger partial charge in [0.05, 0.1) is 32.0 Å². The van der Waals surface area contributed by atoms with Gasteiger partial charge in [0.15, 0.2) is 12.1 Å². The molecule has 3 aromatic rings. The van der Waals surface area contributed by atoms with E-state index in [-0.39, 0.29) is 31.1 Å². The Balaban J connectivity index is 1.06. The summed E-state index contributed by atoms with van der Waals surface area (Å²) in [5.41, 5.74) is 6.04. The number of carbonyl (C=O) groups is 2. The third kappa shape index (κ3) is 9.99. The van der Waals surface area contributed by atoms with E-state index in [2.05, 4.69) is 46.6 Å². The minimum Gasteiger partial charge on any atom is -0.481 e. The highest BCUT2D eigenvalue weighted by Crippen LogP contribution is 2.39. The van der Waals surface area contributed by atoms with Crippen molar-refractivity contribution in [3.05, 3.63) is 95.1 Å². The number of benzene rings is 3. The molecule has 50 heavy (non-hydrogen) atoms. The van der Waals surface area contributed by atoms with Crippen LogP contribution in [-0.2, 0) is 41.7 Å². The Morgan fingerprint density at radius 2 is 1.50 bits per heavy atom. The molecule has 10 nitrogen and oxygen atoms in total. The summed E-state index contributed by atoms with van der Waals surface area (Å²) in [4.78, 5) is 25.5. The van der Waals surface area contributed by atoms with Crippen molar-refractivity contribution in [1.29, 1.82) is 0 Å². The Morgan fingerprint density at radius 3 is 2.20 bits per heavy atom. The van der Waals surface area contributed by atoms with Gasteiger partial charge in [0, 0.05) is 63.8 Å². The van der Waals surface area contributed by atoms with Crippen molar-refractivity contribution in [2.24, 2.45) is 0 Å². The van der Waals surface area contributed by atoms with Gasteiger partial charge < -0.3 is 39.4 Å². The van der Waals surface area contributed by atoms with Gasteiger partial charge in [-0.3, -0.25) is 9.59 Å². The summed E-state index contributed by atoms with van der Waals surface area (Å²) in [6, 6.07) is 24.5. The van der Waals surface area contributed by atoms with Crippen LogP contribution in [0.25, 0.3) is 11.1 Å². The molecular weight excluding hydrogens is 636 g/mol. The molecule has 3 N–H and O–H groups in total. The second-order valence-electron chi connectivity index (χ2n) is 13.7. The predicted molar refractivity (Wildman–Crippen MR) is 188 cm³/mol. The van der Waals surface area contributed by atoms with Gasteiger partial charge in [0.1, 0.15) is 0 Å². The number of hydrogen-bond donors (Lipinski definition) is 3. The maximum atomic E-state index is 12.4. The number of carboxylic acid groups (broad SMARTS) is 1. The zero-order valence-electron chi connectivity index (χ0n) is 28.8. The van der Waals surface area contributed by atoms with E-state index in [4.69, 9.17) is 24.1 Å². The first kappa shape index (κ1) is 36.2. The molecule has 3 atom stereocenters. The standard InChI is InChI=1S/C40H50N2O8/c43-28-29-10-12-32(13-11-29)36-25-35(27-42-20-18-40(19-21-42)47-22-23-48-40)49-39(50-36)33-16-14-31(15-17-33)34-7-5-6-30(24-34)26-41-37(44)8-3-1-2-4-9-38(45)46/h5-7,10-17,24,35-36,39,43H,1-4,8-9,18-23,25-28H2,(H,41,44)(H,45,46)/t35-,36+,39+/m1/s1. The quantitative estimate of drug-likeness (QED) is 0.159. The molecule has 0 aromatic heterocycles. The van der Waals surface area contributed by atoms with Gasteiger partial charge in [-0.25, -0.2) is 0 Å². The van der Waals surface area contributed by atoms with E-state index in [0.717, 1.165) is 91.5 Å². The molecule has 3 heterocycles. The molecule has 0 aliphatic carbocycles. The molecule has 3 fully saturated rings. The predicted octanol–water partition coefficient (Wildman–Crippen LogP) is 6.27. The fourth-order valence-electron chi connectivity index (χ4n) is 7.08. The number of piperidine rings is 1. The number of carboxylic acids is 1. The average molecular weight is 687 g/mol. The van der Waals surface area contributed by atoms with Crippen molar-refractivity contribution in [2.75, 3.05) is 32.8 Å². The maximum absolute atomic E-state index is 12.4. The van der Waals surface area contributed by atoms with E-state index in [1.54, 1.807) is 0 Å². The van der Waals surface area contributed by atoms with E-state index < -0.39 is 18.0 Å². The Bertz CT molecular complexity index is 1530. The maximum Gasteiger partial charge on any atom is 0.303 e. The fourth-order valence-corrected chi connectivity index (χ4v) is 7.08. The normalized spacial score (nSPS) is 22.1. The Kier molecular flexibility index (Phi) is 12.7. The third-order valence-electron chi connectivity index (χ3n) is 9.99. The lowest BCUT2D eigenvalue weighted by Crippen LogP contribution is -2.48. The molecule has 10 heteroatoms. The Hall–Kier alpha value is -3.64. The Morgan fingerprint density at radius 1 is 0.800 bits per heavy atom. The van der Waals surface area contributed by atoms with Crippen LogP contribution < -0.4 is 5.32 Å². The first-order valence-electron chi connectivity index (χ1n) is 18.1. The van der Waals surface area contributed by atoms with Crippen LogP contribution in [-0.4, -0.2) is 71.7 Å². The van der Waals surface area contributed by atoms with Gasteiger partial charge >= 0.3 is 5.97 Å². The summed E-state index contributed by atoms with van der Waals surface area (Å²) in [7, 11) is 0. The summed E-state index contributed by atoms with van der Waals surface area (Å²) in [6.07, 6.45) is 5.47. The van der Waals surface area contributed by atoms with Gasteiger partial charge in [0.2, 0.25) is 5.91 Å². The van der Waals surface area contributed by atoms with Gasteiger partial charge in [-0.2, -0.15) is 0 Å². The van der Waals surface area contributed by atoms with Crippen LogP contribution in [0, 0.1) is 0 Å². The molecule has 3 aromatic carbocycles. The van der Waals surface area contributed by atoms with Gasteiger partial charge in [-0.05, 0) is 46.7 Å². The molecule has 3 aliphatic rings. The van der Waals surface area contributed by atoms with Crippen LogP contribution in [0.1, 0.15) is 92.4 Å². The van der Waals surface area contributed by atoms with Crippen LogP contribution in [0.2, 0.25) is 0 Å². The highest BCUT2D eigenvalue weighted by atomic mass is 16.7. The third-order valence-corrected chi connectivity index (χ3v) is 9.99. The van der Waals surface area contributed by atoms with Crippen LogP contribution in [0.4, 0.5) is 0 Å². The zero-order valence-corrected chi connectivity index (χ0v) is 28.8. The Labute approximate surface area is 294 Å². The molecule has 0 radical (unpaired) electrons. The molecule has 3 aliphatic heterocycles. The van der Waals surface area contributed by atoms with Crippen molar-refractivity contribution in [2.45, 2.75) is 95.2 Å². The molecule has 0 unspecified atom stereocenters. The number of unbranched alkanes of at least 4 members (excludes halogenated alkanes) is 3. The number of aliphatic hydroxyl groups is 1. The molecule has 0 saturated carbocycles. The number of amides is 1. The molecule has 1 amide bonds. The minimum absolute atomic E-state index is 0.00670. The van der Waals surface area contributed by atoms with Crippen LogP contribution in [0.5, 0.6) is 0 Å². The summed E-state index contributed by atoms with van der Waals surface area (Å²) in [5, 5.41) is 21.3. The number of aliphatic carboxylic acids is 1. The number of nitrogens with one attached hydrogen (secondary N) is 1. The number of carbonyl (C=O) groups excluding carboxylic acids is 1. The number of rotatable bonds is 15. The van der Waals surface area contributed by atoms with Crippen LogP contribution >= 0.6 is 0 Å². The summed E-state index contributed by atoms with van der Waals surface area (Å²) >= 11 is 0. The van der Waals surface area contributed by atoms with Gasteiger partial charge in [-0.15, -0.1) is 0 Å². The van der Waals surface area contributed by atoms with Crippen molar-refractivity contribution in [3.63, 3.8) is 0 Å². The highest BCUT2D eigenvalue weighted by molar-refractivity contribution is 5.76. The lowest BCUT2D eigenvalue weighted by Gasteiger charge is -2.41. The lowest BCUT2D eigenvalue weighted by molar-refractivity contribution is -0.255. The first-order chi connectivity index (χ1) is 24.4. The summed E-state index contributed by atoms with van der Waals surface area (Å²) in [6.45, 7) is 4.40. The monoisotopic (exact) mass is 686 g/mol. The highest BCUT2D eigenvalue weighted by Gasteiger charge is 2.41. The van der Waals surface area contributed by atoms with Crippen molar-refractivity contribution in [3.8, 4) is 11.1 Å². The van der Waals surface area contributed by atoms with Crippen molar-refractivity contribution >= 4 is 11.9 Å². The minimum atomic E-state index is -0.772. The zero-order chi connectivity index (χ0) is 34.8. The lowest BCUT2D eigenvalue weighted by atomic mass is 9.98. The second kappa shape index (κ2) is 17.5. The van der Waals surface area contributed by atoms with Gasteiger partial charge in [-0.1, -0.05) is 79.6 Å². The summed E-state index contributed by atoms with van der Waals surface area (Å²) < 4.78 is 25.1. The fraction of sp³-hybridized carbons (Fsp3) is 0.500. The molecule has 0 bridgehead atoms. The van der Waals surface area contributed by atoms with Crippen molar-refractivity contribution in [1.82, 2.24) is 10.2 Å². The number of hydrogen-bond acceptors (Lipinski definition) is 8. The van der Waals surface area contributed by atoms with E-state index in [1.165, 1.54) is 0 Å². The number of likely N-dealkylation sites (tertiary alicyclic amines) is 1. The topological polar surface area (TPSA) is 127 Å². The summed E-state index contributed by atoms with van der Waals surface area (Å²) in [5.74, 6) is -1.17. The molecular formula is C40H50N2O8. The second-order valence-corrected chi connectivity index (χ2v) is 13.7. The van der Waals surface area contributed by atoms with Crippen LogP contribution in [0.3, 0.4) is 0 Å². The molecule has 1 spiro atoms. The molecule has 6 rings (SSSR count). The average Bonchev–Trinajstić information content (AvgIpc) is 3.61. The van der Waals surface area contributed by atoms with E-state index in [9.17, 15) is 14.7 Å². The van der Waals surface area contributed by atoms with Gasteiger partial charge in [0.25, 0.3) is 0 Å². The van der Waals surface area contributed by atoms with Crippen LogP contribution in [0.15, 0.2) is 72.8 Å². The van der Waals surface area contributed by atoms with E-state index >= 15 is 0 Å². The number of aliphatic hydroxyl groups excluding tert-OH is 1. The SMILES string of the molecule is O=C(O)CCCCCCC(=O)NCc1cccc(-c2ccc([C@H]3O[C@@H](CN4CCC5(CC4)OCCO5)C[C@@H](c4ccc(CO)cc4)O3)cc2)c1.